The Morgan fingerprint density at radius 3 is 2.62 bits per heavy atom. The molecule has 1 saturated carbocycles. The van der Waals surface area contributed by atoms with Crippen LogP contribution in [0.3, 0.4) is 0 Å². The molecule has 0 saturated heterocycles. The van der Waals surface area contributed by atoms with Crippen molar-refractivity contribution in [2.75, 3.05) is 26.9 Å². The monoisotopic (exact) mass is 229 g/mol. The highest BCUT2D eigenvalue weighted by molar-refractivity contribution is 4.81. The summed E-state index contributed by atoms with van der Waals surface area (Å²) < 4.78 is 11.0. The molecule has 0 heterocycles. The summed E-state index contributed by atoms with van der Waals surface area (Å²) in [6.45, 7) is 9.13. The molecule has 3 heteroatoms. The van der Waals surface area contributed by atoms with E-state index in [0.29, 0.717) is 5.92 Å². The van der Waals surface area contributed by atoms with Gasteiger partial charge in [0.05, 0.1) is 12.2 Å². The van der Waals surface area contributed by atoms with Gasteiger partial charge in [0.2, 0.25) is 0 Å². The summed E-state index contributed by atoms with van der Waals surface area (Å²) in [4.78, 5) is 0. The van der Waals surface area contributed by atoms with Gasteiger partial charge in [0.1, 0.15) is 0 Å². The van der Waals surface area contributed by atoms with Crippen LogP contribution in [0.2, 0.25) is 0 Å². The minimum atomic E-state index is -0.0600. The largest absolute Gasteiger partial charge is 0.381 e. The van der Waals surface area contributed by atoms with Gasteiger partial charge in [-0.3, -0.25) is 0 Å². The van der Waals surface area contributed by atoms with Gasteiger partial charge in [-0.1, -0.05) is 6.92 Å². The van der Waals surface area contributed by atoms with Gasteiger partial charge in [-0.15, -0.1) is 0 Å². The van der Waals surface area contributed by atoms with Gasteiger partial charge < -0.3 is 14.8 Å². The lowest BCUT2D eigenvalue weighted by molar-refractivity contribution is -0.0135. The number of hydrogen-bond acceptors (Lipinski definition) is 3. The van der Waals surface area contributed by atoms with E-state index in [1.807, 2.05) is 0 Å². The van der Waals surface area contributed by atoms with Crippen molar-refractivity contribution in [3.8, 4) is 0 Å². The predicted octanol–water partition coefficient (Wildman–Crippen LogP) is 2.21. The Hall–Kier alpha value is -0.120. The first kappa shape index (κ1) is 13.9. The van der Waals surface area contributed by atoms with E-state index in [1.54, 1.807) is 7.11 Å². The topological polar surface area (TPSA) is 30.5 Å². The molecule has 0 radical (unpaired) electrons. The summed E-state index contributed by atoms with van der Waals surface area (Å²) in [5.74, 6) is 0.603. The average Bonchev–Trinajstić information content (AvgIpc) is 3.05. The first-order chi connectivity index (χ1) is 7.53. The zero-order valence-corrected chi connectivity index (χ0v) is 11.2. The smallest absolute Gasteiger partial charge is 0.0644 e. The standard InChI is InChI=1S/C13H27NO2/c1-11(9-14-12-5-6-12)10-16-8-7-13(2,3)15-4/h11-12,14H,5-10H2,1-4H3. The highest BCUT2D eigenvalue weighted by Gasteiger charge is 2.21. The van der Waals surface area contributed by atoms with Crippen LogP contribution in [0, 0.1) is 5.92 Å². The summed E-state index contributed by atoms with van der Waals surface area (Å²) in [5, 5.41) is 3.52. The SMILES string of the molecule is COC(C)(C)CCOCC(C)CNC1CC1. The third-order valence-electron chi connectivity index (χ3n) is 3.14. The second-order valence-electron chi connectivity index (χ2n) is 5.58. The molecule has 0 aromatic heterocycles. The van der Waals surface area contributed by atoms with Crippen LogP contribution in [-0.2, 0) is 9.47 Å². The maximum atomic E-state index is 5.67. The third kappa shape index (κ3) is 6.46. The molecule has 0 aromatic rings. The number of ether oxygens (including phenoxy) is 2. The Morgan fingerprint density at radius 2 is 2.06 bits per heavy atom. The zero-order chi connectivity index (χ0) is 12.0. The Balaban J connectivity index is 1.92. The Bertz CT molecular complexity index is 190. The van der Waals surface area contributed by atoms with Gasteiger partial charge in [-0.05, 0) is 39.0 Å². The van der Waals surface area contributed by atoms with E-state index in [1.165, 1.54) is 12.8 Å². The van der Waals surface area contributed by atoms with Crippen molar-refractivity contribution in [1.29, 1.82) is 0 Å². The second kappa shape index (κ2) is 6.58. The van der Waals surface area contributed by atoms with Gasteiger partial charge in [0.25, 0.3) is 0 Å². The van der Waals surface area contributed by atoms with E-state index in [9.17, 15) is 0 Å². The summed E-state index contributed by atoms with van der Waals surface area (Å²) in [6, 6.07) is 0.801. The van der Waals surface area contributed by atoms with Crippen LogP contribution in [0.4, 0.5) is 0 Å². The van der Waals surface area contributed by atoms with Crippen LogP contribution in [0.5, 0.6) is 0 Å². The quantitative estimate of drug-likeness (QED) is 0.615. The second-order valence-corrected chi connectivity index (χ2v) is 5.58. The van der Waals surface area contributed by atoms with E-state index < -0.39 is 0 Å². The van der Waals surface area contributed by atoms with Gasteiger partial charge in [-0.25, -0.2) is 0 Å². The fraction of sp³-hybridized carbons (Fsp3) is 1.00. The van der Waals surface area contributed by atoms with Gasteiger partial charge in [0, 0.05) is 26.3 Å². The van der Waals surface area contributed by atoms with Crippen LogP contribution in [0.1, 0.15) is 40.0 Å². The molecule has 1 atom stereocenters. The summed E-state index contributed by atoms with van der Waals surface area (Å²) in [7, 11) is 1.75. The minimum Gasteiger partial charge on any atom is -0.381 e. The van der Waals surface area contributed by atoms with Crippen molar-refractivity contribution < 1.29 is 9.47 Å². The van der Waals surface area contributed by atoms with E-state index in [0.717, 1.165) is 32.2 Å². The summed E-state index contributed by atoms with van der Waals surface area (Å²) in [6.07, 6.45) is 3.66. The van der Waals surface area contributed by atoms with E-state index in [4.69, 9.17) is 9.47 Å². The van der Waals surface area contributed by atoms with Crippen molar-refractivity contribution in [3.05, 3.63) is 0 Å². The number of hydrogen-bond donors (Lipinski definition) is 1. The Labute approximate surface area is 99.9 Å². The highest BCUT2D eigenvalue weighted by atomic mass is 16.5. The maximum Gasteiger partial charge on any atom is 0.0644 e. The molecule has 1 aliphatic rings. The third-order valence-corrected chi connectivity index (χ3v) is 3.14. The molecule has 0 bridgehead atoms. The van der Waals surface area contributed by atoms with Crippen molar-refractivity contribution in [3.63, 3.8) is 0 Å². The molecule has 1 unspecified atom stereocenters. The molecule has 0 spiro atoms. The molecule has 0 amide bonds. The molecule has 1 N–H and O–H groups in total. The molecule has 1 rings (SSSR count). The summed E-state index contributed by atoms with van der Waals surface area (Å²) in [5.41, 5.74) is -0.0600. The first-order valence-electron chi connectivity index (χ1n) is 6.40. The molecule has 96 valence electrons. The Kier molecular flexibility index (Phi) is 5.73. The van der Waals surface area contributed by atoms with Gasteiger partial charge in [0.15, 0.2) is 0 Å². The van der Waals surface area contributed by atoms with Crippen LogP contribution < -0.4 is 5.32 Å². The molecule has 3 nitrogen and oxygen atoms in total. The lowest BCUT2D eigenvalue weighted by Crippen LogP contribution is -2.27. The number of rotatable bonds is 9. The molecule has 1 aliphatic carbocycles. The minimum absolute atomic E-state index is 0.0600. The molecular weight excluding hydrogens is 202 g/mol. The van der Waals surface area contributed by atoms with Gasteiger partial charge >= 0.3 is 0 Å². The molecule has 1 fully saturated rings. The molecule has 0 aliphatic heterocycles. The van der Waals surface area contributed by atoms with Crippen LogP contribution in [0.25, 0.3) is 0 Å². The van der Waals surface area contributed by atoms with E-state index in [2.05, 4.69) is 26.1 Å². The first-order valence-corrected chi connectivity index (χ1v) is 6.40. The lowest BCUT2D eigenvalue weighted by Gasteiger charge is -2.23. The zero-order valence-electron chi connectivity index (χ0n) is 11.2. The highest BCUT2D eigenvalue weighted by Crippen LogP contribution is 2.18. The fourth-order valence-corrected chi connectivity index (χ4v) is 1.42. The normalized spacial score (nSPS) is 18.8. The van der Waals surface area contributed by atoms with Crippen LogP contribution in [0.15, 0.2) is 0 Å². The lowest BCUT2D eigenvalue weighted by atomic mass is 10.1. The van der Waals surface area contributed by atoms with Crippen molar-refractivity contribution in [2.24, 2.45) is 5.92 Å². The van der Waals surface area contributed by atoms with Crippen molar-refractivity contribution >= 4 is 0 Å². The number of nitrogens with one attached hydrogen (secondary N) is 1. The maximum absolute atomic E-state index is 5.67. The Morgan fingerprint density at radius 1 is 1.38 bits per heavy atom. The average molecular weight is 229 g/mol. The molecule has 16 heavy (non-hydrogen) atoms. The molecular formula is C13H27NO2. The van der Waals surface area contributed by atoms with Crippen molar-refractivity contribution in [2.45, 2.75) is 51.7 Å². The van der Waals surface area contributed by atoms with Crippen LogP contribution >= 0.6 is 0 Å². The van der Waals surface area contributed by atoms with Crippen LogP contribution in [-0.4, -0.2) is 38.5 Å². The van der Waals surface area contributed by atoms with Gasteiger partial charge in [-0.2, -0.15) is 0 Å². The number of methoxy groups -OCH3 is 1. The predicted molar refractivity (Wildman–Crippen MR) is 66.7 cm³/mol. The van der Waals surface area contributed by atoms with Crippen molar-refractivity contribution in [1.82, 2.24) is 5.32 Å². The fourth-order valence-electron chi connectivity index (χ4n) is 1.42. The molecule has 0 aromatic carbocycles. The summed E-state index contributed by atoms with van der Waals surface area (Å²) >= 11 is 0. The van der Waals surface area contributed by atoms with E-state index in [-0.39, 0.29) is 5.60 Å². The van der Waals surface area contributed by atoms with E-state index >= 15 is 0 Å².